The number of carbonyl (C=O) groups excluding carboxylic acids is 1. The number of benzene rings is 1. The van der Waals surface area contributed by atoms with E-state index in [-0.39, 0.29) is 17.7 Å². The molecular formula is C16H24N2O2S. The molecule has 0 bridgehead atoms. The van der Waals surface area contributed by atoms with E-state index in [9.17, 15) is 9.90 Å². The molecule has 0 spiro atoms. The number of para-hydroxylation sites is 1. The predicted molar refractivity (Wildman–Crippen MR) is 87.6 cm³/mol. The number of amides is 1. The van der Waals surface area contributed by atoms with Crippen LogP contribution in [-0.2, 0) is 4.79 Å². The van der Waals surface area contributed by atoms with E-state index >= 15 is 0 Å². The van der Waals surface area contributed by atoms with Crippen molar-refractivity contribution in [2.75, 3.05) is 25.9 Å². The molecule has 5 heteroatoms. The summed E-state index contributed by atoms with van der Waals surface area (Å²) in [7, 11) is 1.81. The van der Waals surface area contributed by atoms with Crippen molar-refractivity contribution in [3.63, 3.8) is 0 Å². The standard InChI is InChI=1S/C16H24N2O2S/c1-12(14-5-3-4-6-15(14)19)18(2)16(20)11-21-13-7-9-17-10-8-13/h3-6,12-13,17,19H,7-11H2,1-2H3. The predicted octanol–water partition coefficient (Wildman–Crippen LogP) is 2.40. The van der Waals surface area contributed by atoms with Crippen LogP contribution in [0.4, 0.5) is 0 Å². The minimum atomic E-state index is -0.118. The first-order valence-corrected chi connectivity index (χ1v) is 8.50. The van der Waals surface area contributed by atoms with Crippen molar-refractivity contribution < 1.29 is 9.90 Å². The van der Waals surface area contributed by atoms with E-state index in [1.807, 2.05) is 26.1 Å². The average Bonchev–Trinajstić information content (AvgIpc) is 2.52. The monoisotopic (exact) mass is 308 g/mol. The Hall–Kier alpha value is -1.20. The molecule has 0 aliphatic carbocycles. The van der Waals surface area contributed by atoms with Gasteiger partial charge in [0.1, 0.15) is 5.75 Å². The van der Waals surface area contributed by atoms with E-state index in [0.29, 0.717) is 11.0 Å². The molecule has 1 atom stereocenters. The highest BCUT2D eigenvalue weighted by Crippen LogP contribution is 2.28. The van der Waals surface area contributed by atoms with Crippen LogP contribution in [0.2, 0.25) is 0 Å². The quantitative estimate of drug-likeness (QED) is 0.877. The maximum atomic E-state index is 12.3. The molecule has 1 saturated heterocycles. The minimum Gasteiger partial charge on any atom is -0.508 e. The number of phenols is 1. The molecule has 1 fully saturated rings. The van der Waals surface area contributed by atoms with Crippen LogP contribution in [0.1, 0.15) is 31.4 Å². The largest absolute Gasteiger partial charge is 0.508 e. The van der Waals surface area contributed by atoms with E-state index in [1.54, 1.807) is 28.8 Å². The zero-order chi connectivity index (χ0) is 15.2. The first kappa shape index (κ1) is 16.2. The first-order chi connectivity index (χ1) is 10.1. The van der Waals surface area contributed by atoms with Gasteiger partial charge in [-0.3, -0.25) is 4.79 Å². The van der Waals surface area contributed by atoms with Crippen LogP contribution in [0.5, 0.6) is 5.75 Å². The Kier molecular flexibility index (Phi) is 5.94. The van der Waals surface area contributed by atoms with Gasteiger partial charge in [-0.2, -0.15) is 0 Å². The number of phenolic OH excluding ortho intramolecular Hbond substituents is 1. The van der Waals surface area contributed by atoms with Gasteiger partial charge in [-0.05, 0) is 38.9 Å². The van der Waals surface area contributed by atoms with Crippen molar-refractivity contribution >= 4 is 17.7 Å². The molecule has 1 heterocycles. The highest BCUT2D eigenvalue weighted by Gasteiger charge is 2.21. The highest BCUT2D eigenvalue weighted by atomic mass is 32.2. The van der Waals surface area contributed by atoms with Gasteiger partial charge in [-0.15, -0.1) is 11.8 Å². The van der Waals surface area contributed by atoms with Crippen LogP contribution in [0, 0.1) is 0 Å². The third-order valence-corrected chi connectivity index (χ3v) is 5.45. The van der Waals surface area contributed by atoms with E-state index in [4.69, 9.17) is 0 Å². The number of nitrogens with one attached hydrogen (secondary N) is 1. The lowest BCUT2D eigenvalue weighted by molar-refractivity contribution is -0.128. The van der Waals surface area contributed by atoms with Crippen LogP contribution >= 0.6 is 11.8 Å². The van der Waals surface area contributed by atoms with Crippen molar-refractivity contribution in [3.8, 4) is 5.75 Å². The van der Waals surface area contributed by atoms with Crippen molar-refractivity contribution in [1.82, 2.24) is 10.2 Å². The second-order valence-corrected chi connectivity index (χ2v) is 6.79. The molecular weight excluding hydrogens is 284 g/mol. The summed E-state index contributed by atoms with van der Waals surface area (Å²) in [6, 6.07) is 7.08. The summed E-state index contributed by atoms with van der Waals surface area (Å²) in [6.07, 6.45) is 2.27. The summed E-state index contributed by atoms with van der Waals surface area (Å²) in [5.74, 6) is 0.879. The average molecular weight is 308 g/mol. The number of piperidine rings is 1. The molecule has 2 N–H and O–H groups in total. The van der Waals surface area contributed by atoms with Crippen molar-refractivity contribution in [2.24, 2.45) is 0 Å². The van der Waals surface area contributed by atoms with Gasteiger partial charge in [0.15, 0.2) is 0 Å². The van der Waals surface area contributed by atoms with Gasteiger partial charge in [-0.1, -0.05) is 18.2 Å². The normalized spacial score (nSPS) is 17.4. The number of aromatic hydroxyl groups is 1. The Morgan fingerprint density at radius 1 is 1.43 bits per heavy atom. The topological polar surface area (TPSA) is 52.6 Å². The van der Waals surface area contributed by atoms with Crippen LogP contribution in [-0.4, -0.2) is 47.1 Å². The molecule has 1 aliphatic heterocycles. The van der Waals surface area contributed by atoms with Gasteiger partial charge < -0.3 is 15.3 Å². The number of thioether (sulfide) groups is 1. The molecule has 0 saturated carbocycles. The Balaban J connectivity index is 1.88. The Morgan fingerprint density at radius 2 is 2.10 bits per heavy atom. The third-order valence-electron chi connectivity index (χ3n) is 4.09. The van der Waals surface area contributed by atoms with Gasteiger partial charge in [0.25, 0.3) is 0 Å². The van der Waals surface area contributed by atoms with Gasteiger partial charge in [-0.25, -0.2) is 0 Å². The maximum absolute atomic E-state index is 12.3. The van der Waals surface area contributed by atoms with Crippen molar-refractivity contribution in [2.45, 2.75) is 31.1 Å². The molecule has 21 heavy (non-hydrogen) atoms. The summed E-state index contributed by atoms with van der Waals surface area (Å²) in [5, 5.41) is 13.8. The molecule has 0 aromatic heterocycles. The molecule has 1 amide bonds. The van der Waals surface area contributed by atoms with Crippen LogP contribution in [0.3, 0.4) is 0 Å². The molecule has 1 aromatic carbocycles. The second kappa shape index (κ2) is 7.71. The minimum absolute atomic E-state index is 0.118. The molecule has 1 aliphatic rings. The lowest BCUT2D eigenvalue weighted by atomic mass is 10.1. The molecule has 1 unspecified atom stereocenters. The lowest BCUT2D eigenvalue weighted by Crippen LogP contribution is -2.33. The van der Waals surface area contributed by atoms with E-state index in [2.05, 4.69) is 5.32 Å². The van der Waals surface area contributed by atoms with Crippen LogP contribution in [0.25, 0.3) is 0 Å². The highest BCUT2D eigenvalue weighted by molar-refractivity contribution is 8.00. The zero-order valence-corrected chi connectivity index (χ0v) is 13.5. The zero-order valence-electron chi connectivity index (χ0n) is 12.7. The second-order valence-electron chi connectivity index (χ2n) is 5.50. The van der Waals surface area contributed by atoms with Crippen molar-refractivity contribution in [1.29, 1.82) is 0 Å². The molecule has 2 rings (SSSR count). The van der Waals surface area contributed by atoms with Gasteiger partial charge >= 0.3 is 0 Å². The summed E-state index contributed by atoms with van der Waals surface area (Å²) in [6.45, 7) is 4.05. The van der Waals surface area contributed by atoms with E-state index < -0.39 is 0 Å². The summed E-state index contributed by atoms with van der Waals surface area (Å²) < 4.78 is 0. The number of rotatable bonds is 5. The van der Waals surface area contributed by atoms with Crippen LogP contribution < -0.4 is 5.32 Å². The molecule has 116 valence electrons. The van der Waals surface area contributed by atoms with E-state index in [0.717, 1.165) is 31.5 Å². The fraction of sp³-hybridized carbons (Fsp3) is 0.562. The molecule has 1 aromatic rings. The lowest BCUT2D eigenvalue weighted by Gasteiger charge is -2.27. The SMILES string of the molecule is CC(c1ccccc1O)N(C)C(=O)CSC1CCNCC1. The maximum Gasteiger partial charge on any atom is 0.232 e. The fourth-order valence-corrected chi connectivity index (χ4v) is 3.67. The summed E-state index contributed by atoms with van der Waals surface area (Å²) in [4.78, 5) is 14.0. The van der Waals surface area contributed by atoms with Gasteiger partial charge in [0.05, 0.1) is 11.8 Å². The number of carbonyl (C=O) groups is 1. The Morgan fingerprint density at radius 3 is 2.76 bits per heavy atom. The van der Waals surface area contributed by atoms with Crippen molar-refractivity contribution in [3.05, 3.63) is 29.8 Å². The smallest absolute Gasteiger partial charge is 0.232 e. The number of nitrogens with zero attached hydrogens (tertiary/aromatic N) is 1. The molecule has 4 nitrogen and oxygen atoms in total. The Labute approximate surface area is 130 Å². The first-order valence-electron chi connectivity index (χ1n) is 7.45. The van der Waals surface area contributed by atoms with Crippen LogP contribution in [0.15, 0.2) is 24.3 Å². The third kappa shape index (κ3) is 4.38. The number of hydrogen-bond donors (Lipinski definition) is 2. The van der Waals surface area contributed by atoms with Gasteiger partial charge in [0.2, 0.25) is 5.91 Å². The number of hydrogen-bond acceptors (Lipinski definition) is 4. The van der Waals surface area contributed by atoms with Gasteiger partial charge in [0, 0.05) is 17.9 Å². The Bertz CT molecular complexity index is 475. The van der Waals surface area contributed by atoms with E-state index in [1.165, 1.54) is 0 Å². The molecule has 0 radical (unpaired) electrons. The fourth-order valence-electron chi connectivity index (χ4n) is 2.52. The summed E-state index contributed by atoms with van der Waals surface area (Å²) in [5.41, 5.74) is 0.792. The summed E-state index contributed by atoms with van der Waals surface area (Å²) >= 11 is 1.76.